The second-order valence-corrected chi connectivity index (χ2v) is 7.51. The smallest absolute Gasteiger partial charge is 0.0412 e. The third-order valence-corrected chi connectivity index (χ3v) is 5.63. The molecule has 0 aromatic heterocycles. The number of benzene rings is 3. The maximum atomic E-state index is 6.28. The van der Waals surface area contributed by atoms with Crippen LogP contribution >= 0.6 is 11.6 Å². The Morgan fingerprint density at radius 3 is 2.54 bits per heavy atom. The average Bonchev–Trinajstić information content (AvgIpc) is 2.62. The predicted octanol–water partition coefficient (Wildman–Crippen LogP) is 6.32. The molecule has 3 aromatic carbocycles. The van der Waals surface area contributed by atoms with Crippen LogP contribution in [-0.4, -0.2) is 6.54 Å². The van der Waals surface area contributed by atoms with Crippen LogP contribution in [0.25, 0.3) is 21.5 Å². The number of hydrogen-bond donors (Lipinski definition) is 1. The molecule has 1 aliphatic carbocycles. The molecule has 1 N–H and O–H groups in total. The summed E-state index contributed by atoms with van der Waals surface area (Å²) in [7, 11) is 0. The minimum Gasteiger partial charge on any atom is -0.312 e. The maximum Gasteiger partial charge on any atom is 0.0412 e. The van der Waals surface area contributed by atoms with Gasteiger partial charge in [0.15, 0.2) is 0 Å². The molecule has 0 heterocycles. The van der Waals surface area contributed by atoms with Crippen LogP contribution in [0.1, 0.15) is 37.7 Å². The van der Waals surface area contributed by atoms with Crippen LogP contribution in [0.3, 0.4) is 0 Å². The van der Waals surface area contributed by atoms with E-state index in [-0.39, 0.29) is 0 Å². The fourth-order valence-electron chi connectivity index (χ4n) is 4.11. The van der Waals surface area contributed by atoms with Gasteiger partial charge >= 0.3 is 0 Å². The van der Waals surface area contributed by atoms with Gasteiger partial charge in [-0.05, 0) is 70.6 Å². The first-order valence-electron chi connectivity index (χ1n) is 9.12. The van der Waals surface area contributed by atoms with Gasteiger partial charge in [-0.1, -0.05) is 61.2 Å². The average molecular weight is 338 g/mol. The lowest BCUT2D eigenvalue weighted by atomic mass is 9.89. The lowest BCUT2D eigenvalue weighted by molar-refractivity contribution is 0.342. The maximum absolute atomic E-state index is 6.28. The summed E-state index contributed by atoms with van der Waals surface area (Å²) < 4.78 is 0. The molecule has 0 radical (unpaired) electrons. The van der Waals surface area contributed by atoms with Crippen molar-refractivity contribution in [2.45, 2.75) is 38.6 Å². The van der Waals surface area contributed by atoms with Gasteiger partial charge in [-0.3, -0.25) is 0 Å². The molecule has 0 saturated heterocycles. The van der Waals surface area contributed by atoms with Crippen LogP contribution in [0.15, 0.2) is 48.5 Å². The first kappa shape index (κ1) is 15.9. The molecule has 4 rings (SSSR count). The third kappa shape index (κ3) is 3.29. The SMILES string of the molecule is Clc1ccc2cc3ccccc3c(CNCC3CCCCC3)c2c1. The molecular weight excluding hydrogens is 314 g/mol. The first-order chi connectivity index (χ1) is 11.8. The monoisotopic (exact) mass is 337 g/mol. The fraction of sp³-hybridized carbons (Fsp3) is 0.364. The largest absolute Gasteiger partial charge is 0.312 e. The number of hydrogen-bond acceptors (Lipinski definition) is 1. The topological polar surface area (TPSA) is 12.0 Å². The van der Waals surface area contributed by atoms with E-state index in [9.17, 15) is 0 Å². The summed E-state index contributed by atoms with van der Waals surface area (Å²) in [6.07, 6.45) is 6.99. The molecule has 0 spiro atoms. The minimum atomic E-state index is 0.811. The van der Waals surface area contributed by atoms with E-state index in [0.717, 1.165) is 24.0 Å². The third-order valence-electron chi connectivity index (χ3n) is 5.40. The molecular formula is C22H24ClN. The zero-order valence-electron chi connectivity index (χ0n) is 14.0. The summed E-state index contributed by atoms with van der Waals surface area (Å²) in [5, 5.41) is 9.73. The molecule has 2 heteroatoms. The Hall–Kier alpha value is -1.57. The van der Waals surface area contributed by atoms with E-state index in [1.54, 1.807) is 0 Å². The van der Waals surface area contributed by atoms with Gasteiger partial charge in [0.05, 0.1) is 0 Å². The van der Waals surface area contributed by atoms with Crippen LogP contribution in [0.5, 0.6) is 0 Å². The Balaban J connectivity index is 1.66. The van der Waals surface area contributed by atoms with Gasteiger partial charge in [-0.15, -0.1) is 0 Å². The van der Waals surface area contributed by atoms with Crippen molar-refractivity contribution in [3.05, 3.63) is 59.1 Å². The van der Waals surface area contributed by atoms with Crippen LogP contribution in [0.2, 0.25) is 5.02 Å². The van der Waals surface area contributed by atoms with Crippen molar-refractivity contribution in [1.82, 2.24) is 5.32 Å². The van der Waals surface area contributed by atoms with Gasteiger partial charge in [-0.25, -0.2) is 0 Å². The lowest BCUT2D eigenvalue weighted by Crippen LogP contribution is -2.24. The summed E-state index contributed by atoms with van der Waals surface area (Å²) in [5.41, 5.74) is 1.38. The molecule has 3 aromatic rings. The summed E-state index contributed by atoms with van der Waals surface area (Å²) in [5.74, 6) is 0.851. The van der Waals surface area contributed by atoms with Gasteiger partial charge in [0.1, 0.15) is 0 Å². The summed E-state index contributed by atoms with van der Waals surface area (Å²) in [4.78, 5) is 0. The molecule has 0 aliphatic heterocycles. The predicted molar refractivity (Wildman–Crippen MR) is 105 cm³/mol. The Bertz CT molecular complexity index is 849. The molecule has 0 amide bonds. The van der Waals surface area contributed by atoms with Crippen LogP contribution < -0.4 is 5.32 Å². The first-order valence-corrected chi connectivity index (χ1v) is 9.50. The molecule has 1 fully saturated rings. The van der Waals surface area contributed by atoms with Gasteiger partial charge in [0.2, 0.25) is 0 Å². The molecule has 1 saturated carbocycles. The fourth-order valence-corrected chi connectivity index (χ4v) is 4.28. The highest BCUT2D eigenvalue weighted by Crippen LogP contribution is 2.30. The number of nitrogens with one attached hydrogen (secondary N) is 1. The van der Waals surface area contributed by atoms with Crippen molar-refractivity contribution in [2.24, 2.45) is 5.92 Å². The van der Waals surface area contributed by atoms with E-state index >= 15 is 0 Å². The summed E-state index contributed by atoms with van der Waals surface area (Å²) in [6, 6.07) is 17.2. The Morgan fingerprint density at radius 2 is 1.67 bits per heavy atom. The van der Waals surface area contributed by atoms with Gasteiger partial charge in [-0.2, -0.15) is 0 Å². The molecule has 0 unspecified atom stereocenters. The van der Waals surface area contributed by atoms with Crippen molar-refractivity contribution >= 4 is 33.1 Å². The van der Waals surface area contributed by atoms with Crippen LogP contribution in [0, 0.1) is 5.92 Å². The Labute approximate surface area is 149 Å². The van der Waals surface area contributed by atoms with Crippen molar-refractivity contribution in [1.29, 1.82) is 0 Å². The van der Waals surface area contributed by atoms with Crippen molar-refractivity contribution < 1.29 is 0 Å². The number of fused-ring (bicyclic) bond motifs is 2. The molecule has 24 heavy (non-hydrogen) atoms. The van der Waals surface area contributed by atoms with E-state index in [1.807, 2.05) is 6.07 Å². The Morgan fingerprint density at radius 1 is 0.875 bits per heavy atom. The lowest BCUT2D eigenvalue weighted by Gasteiger charge is -2.22. The summed E-state index contributed by atoms with van der Waals surface area (Å²) in [6.45, 7) is 2.04. The minimum absolute atomic E-state index is 0.811. The summed E-state index contributed by atoms with van der Waals surface area (Å²) >= 11 is 6.28. The highest BCUT2D eigenvalue weighted by Gasteiger charge is 2.13. The van der Waals surface area contributed by atoms with Crippen molar-refractivity contribution in [3.8, 4) is 0 Å². The molecule has 124 valence electrons. The molecule has 0 atom stereocenters. The normalized spacial score (nSPS) is 16.0. The van der Waals surface area contributed by atoms with Crippen molar-refractivity contribution in [2.75, 3.05) is 6.54 Å². The number of rotatable bonds is 4. The van der Waals surface area contributed by atoms with Gasteiger partial charge in [0.25, 0.3) is 0 Å². The highest BCUT2D eigenvalue weighted by molar-refractivity contribution is 6.31. The van der Waals surface area contributed by atoms with Crippen LogP contribution in [-0.2, 0) is 6.54 Å². The second-order valence-electron chi connectivity index (χ2n) is 7.08. The van der Waals surface area contributed by atoms with Gasteiger partial charge < -0.3 is 5.32 Å². The Kier molecular flexibility index (Phi) is 4.73. The van der Waals surface area contributed by atoms with E-state index in [2.05, 4.69) is 47.8 Å². The second kappa shape index (κ2) is 7.13. The highest BCUT2D eigenvalue weighted by atomic mass is 35.5. The standard InChI is InChI=1S/C22H24ClN/c23-19-11-10-18-12-17-8-4-5-9-20(17)22(21(18)13-19)15-24-14-16-6-2-1-3-7-16/h4-5,8-13,16,24H,1-3,6-7,14-15H2. The van der Waals surface area contributed by atoms with E-state index in [1.165, 1.54) is 59.2 Å². The number of halogens is 1. The quantitative estimate of drug-likeness (QED) is 0.549. The van der Waals surface area contributed by atoms with E-state index in [0.29, 0.717) is 0 Å². The van der Waals surface area contributed by atoms with E-state index < -0.39 is 0 Å². The van der Waals surface area contributed by atoms with E-state index in [4.69, 9.17) is 11.6 Å². The van der Waals surface area contributed by atoms with Crippen molar-refractivity contribution in [3.63, 3.8) is 0 Å². The molecule has 0 bridgehead atoms. The van der Waals surface area contributed by atoms with Gasteiger partial charge in [0, 0.05) is 11.6 Å². The molecule has 1 aliphatic rings. The zero-order valence-corrected chi connectivity index (χ0v) is 14.8. The zero-order chi connectivity index (χ0) is 16.4. The van der Waals surface area contributed by atoms with Crippen LogP contribution in [0.4, 0.5) is 0 Å². The molecule has 1 nitrogen and oxygen atoms in total.